The predicted molar refractivity (Wildman–Crippen MR) is 61.4 cm³/mol. The molecule has 0 radical (unpaired) electrons. The first-order chi connectivity index (χ1) is 6.66. The summed E-state index contributed by atoms with van der Waals surface area (Å²) in [5.41, 5.74) is 0. The molecular formula is C9H8BrCl2NO. The van der Waals surface area contributed by atoms with Crippen LogP contribution < -0.4 is 10.1 Å². The van der Waals surface area contributed by atoms with Crippen molar-refractivity contribution < 1.29 is 4.74 Å². The molecule has 2 nitrogen and oxygen atoms in total. The first kappa shape index (κ1) is 10.6. The molecule has 0 aliphatic carbocycles. The van der Waals surface area contributed by atoms with Gasteiger partial charge >= 0.3 is 0 Å². The smallest absolute Gasteiger partial charge is 0.140 e. The summed E-state index contributed by atoms with van der Waals surface area (Å²) >= 11 is 15.2. The predicted octanol–water partition coefficient (Wildman–Crippen LogP) is 3.11. The first-order valence-corrected chi connectivity index (χ1v) is 5.73. The summed E-state index contributed by atoms with van der Waals surface area (Å²) in [5, 5.41) is 4.30. The van der Waals surface area contributed by atoms with Gasteiger partial charge in [0, 0.05) is 23.6 Å². The van der Waals surface area contributed by atoms with Crippen LogP contribution in [0.25, 0.3) is 0 Å². The fourth-order valence-corrected chi connectivity index (χ4v) is 1.96. The summed E-state index contributed by atoms with van der Waals surface area (Å²) in [4.78, 5) is 0. The lowest BCUT2D eigenvalue weighted by atomic mass is 10.2. The number of hydrogen-bond donors (Lipinski definition) is 1. The second-order valence-electron chi connectivity index (χ2n) is 3.09. The van der Waals surface area contributed by atoms with Crippen LogP contribution in [0.1, 0.15) is 0 Å². The van der Waals surface area contributed by atoms with Gasteiger partial charge in [0.25, 0.3) is 0 Å². The van der Waals surface area contributed by atoms with Crippen molar-refractivity contribution in [2.24, 2.45) is 0 Å². The molecule has 0 bridgehead atoms. The lowest BCUT2D eigenvalue weighted by Gasteiger charge is -2.28. The van der Waals surface area contributed by atoms with Gasteiger partial charge in [0.15, 0.2) is 0 Å². The minimum atomic E-state index is 0.213. The van der Waals surface area contributed by atoms with Crippen molar-refractivity contribution in [3.63, 3.8) is 0 Å². The van der Waals surface area contributed by atoms with Gasteiger partial charge in [-0.25, -0.2) is 0 Å². The SMILES string of the molecule is Clc1cc(OC2CNC2)c(Cl)cc1Br. The van der Waals surface area contributed by atoms with E-state index in [1.54, 1.807) is 12.1 Å². The Labute approximate surface area is 101 Å². The van der Waals surface area contributed by atoms with Crippen LogP contribution in [0.4, 0.5) is 0 Å². The normalized spacial score (nSPS) is 16.5. The van der Waals surface area contributed by atoms with Crippen molar-refractivity contribution in [1.82, 2.24) is 5.32 Å². The van der Waals surface area contributed by atoms with Crippen LogP contribution in [0.15, 0.2) is 16.6 Å². The maximum Gasteiger partial charge on any atom is 0.140 e. The third-order valence-corrected chi connectivity index (χ3v) is 3.50. The molecule has 1 aromatic carbocycles. The molecule has 2 rings (SSSR count). The van der Waals surface area contributed by atoms with Gasteiger partial charge in [-0.2, -0.15) is 0 Å². The van der Waals surface area contributed by atoms with Crippen molar-refractivity contribution >= 4 is 39.1 Å². The molecule has 1 N–H and O–H groups in total. The summed E-state index contributed by atoms with van der Waals surface area (Å²) in [6, 6.07) is 3.47. The van der Waals surface area contributed by atoms with Crippen LogP contribution in [0, 0.1) is 0 Å². The van der Waals surface area contributed by atoms with Crippen molar-refractivity contribution in [2.75, 3.05) is 13.1 Å². The van der Waals surface area contributed by atoms with Crippen LogP contribution in [-0.4, -0.2) is 19.2 Å². The van der Waals surface area contributed by atoms with Crippen molar-refractivity contribution in [1.29, 1.82) is 0 Å². The highest BCUT2D eigenvalue weighted by Gasteiger charge is 2.19. The maximum atomic E-state index is 5.99. The van der Waals surface area contributed by atoms with E-state index in [-0.39, 0.29) is 6.10 Å². The Morgan fingerprint density at radius 2 is 2.00 bits per heavy atom. The minimum Gasteiger partial charge on any atom is -0.486 e. The van der Waals surface area contributed by atoms with Gasteiger partial charge in [0.2, 0.25) is 0 Å². The van der Waals surface area contributed by atoms with Crippen LogP contribution >= 0.6 is 39.1 Å². The Hall–Kier alpha value is 0.0400. The standard InChI is InChI=1S/C9H8BrCl2NO/c10-6-1-8(12)9(2-7(6)11)14-5-3-13-4-5/h1-2,5,13H,3-4H2. The molecule has 0 saturated carbocycles. The van der Waals surface area contributed by atoms with Crippen LogP contribution in [0.5, 0.6) is 5.75 Å². The zero-order chi connectivity index (χ0) is 10.1. The third-order valence-electron chi connectivity index (χ3n) is 2.01. The number of nitrogens with one attached hydrogen (secondary N) is 1. The minimum absolute atomic E-state index is 0.213. The molecule has 1 aliphatic rings. The Morgan fingerprint density at radius 3 is 2.57 bits per heavy atom. The zero-order valence-corrected chi connectivity index (χ0v) is 10.3. The molecule has 0 aromatic heterocycles. The summed E-state index contributed by atoms with van der Waals surface area (Å²) in [7, 11) is 0. The van der Waals surface area contributed by atoms with Gasteiger partial charge in [-0.3, -0.25) is 0 Å². The number of hydrogen-bond acceptors (Lipinski definition) is 2. The van der Waals surface area contributed by atoms with Crippen molar-refractivity contribution in [3.8, 4) is 5.75 Å². The van der Waals surface area contributed by atoms with Gasteiger partial charge in [-0.15, -0.1) is 0 Å². The average Bonchev–Trinajstić information content (AvgIpc) is 2.06. The molecule has 14 heavy (non-hydrogen) atoms. The van der Waals surface area contributed by atoms with E-state index in [4.69, 9.17) is 27.9 Å². The molecule has 5 heteroatoms. The molecule has 0 atom stereocenters. The Bertz CT molecular complexity index is 355. The Kier molecular flexibility index (Phi) is 3.22. The number of benzene rings is 1. The van der Waals surface area contributed by atoms with E-state index < -0.39 is 0 Å². The largest absolute Gasteiger partial charge is 0.486 e. The van der Waals surface area contributed by atoms with Gasteiger partial charge in [0.1, 0.15) is 11.9 Å². The summed E-state index contributed by atoms with van der Waals surface area (Å²) in [6.45, 7) is 1.73. The zero-order valence-electron chi connectivity index (χ0n) is 7.19. The third kappa shape index (κ3) is 2.16. The molecule has 0 amide bonds. The second-order valence-corrected chi connectivity index (χ2v) is 4.76. The van der Waals surface area contributed by atoms with E-state index in [9.17, 15) is 0 Å². The molecule has 1 aliphatic heterocycles. The highest BCUT2D eigenvalue weighted by atomic mass is 79.9. The monoisotopic (exact) mass is 295 g/mol. The first-order valence-electron chi connectivity index (χ1n) is 4.19. The van der Waals surface area contributed by atoms with E-state index in [1.165, 1.54) is 0 Å². The number of halogens is 3. The average molecular weight is 297 g/mol. The van der Waals surface area contributed by atoms with Crippen molar-refractivity contribution in [2.45, 2.75) is 6.10 Å². The highest BCUT2D eigenvalue weighted by Crippen LogP contribution is 2.34. The molecule has 1 saturated heterocycles. The summed E-state index contributed by atoms with van der Waals surface area (Å²) < 4.78 is 6.40. The second kappa shape index (κ2) is 4.27. The quantitative estimate of drug-likeness (QED) is 0.847. The van der Waals surface area contributed by atoms with E-state index in [0.717, 1.165) is 17.6 Å². The van der Waals surface area contributed by atoms with E-state index in [1.807, 2.05) is 0 Å². The molecule has 76 valence electrons. The van der Waals surface area contributed by atoms with Gasteiger partial charge in [0.05, 0.1) is 10.0 Å². The lowest BCUT2D eigenvalue weighted by molar-refractivity contribution is 0.142. The maximum absolute atomic E-state index is 5.99. The summed E-state index contributed by atoms with van der Waals surface area (Å²) in [6.07, 6.45) is 0.213. The number of ether oxygens (including phenoxy) is 1. The number of rotatable bonds is 2. The molecule has 0 spiro atoms. The van der Waals surface area contributed by atoms with Crippen LogP contribution in [0.3, 0.4) is 0 Å². The Morgan fingerprint density at radius 1 is 1.29 bits per heavy atom. The van der Waals surface area contributed by atoms with Crippen molar-refractivity contribution in [3.05, 3.63) is 26.7 Å². The molecule has 0 unspecified atom stereocenters. The van der Waals surface area contributed by atoms with E-state index in [2.05, 4.69) is 21.2 Å². The molecule has 1 fully saturated rings. The summed E-state index contributed by atoms with van der Waals surface area (Å²) in [5.74, 6) is 0.645. The van der Waals surface area contributed by atoms with Crippen LogP contribution in [0.2, 0.25) is 10.0 Å². The van der Waals surface area contributed by atoms with Gasteiger partial charge < -0.3 is 10.1 Å². The fourth-order valence-electron chi connectivity index (χ4n) is 1.12. The molecular weight excluding hydrogens is 289 g/mol. The highest BCUT2D eigenvalue weighted by molar-refractivity contribution is 9.10. The van der Waals surface area contributed by atoms with E-state index in [0.29, 0.717) is 15.8 Å². The molecule has 1 aromatic rings. The van der Waals surface area contributed by atoms with E-state index >= 15 is 0 Å². The topological polar surface area (TPSA) is 21.3 Å². The fraction of sp³-hybridized carbons (Fsp3) is 0.333. The van der Waals surface area contributed by atoms with Gasteiger partial charge in [-0.05, 0) is 22.0 Å². The van der Waals surface area contributed by atoms with Gasteiger partial charge in [-0.1, -0.05) is 23.2 Å². The Balaban J connectivity index is 2.19. The molecule has 1 heterocycles. The van der Waals surface area contributed by atoms with Crippen LogP contribution in [-0.2, 0) is 0 Å². The lowest BCUT2D eigenvalue weighted by Crippen LogP contribution is -2.50.